The Labute approximate surface area is 129 Å². The number of rotatable bonds is 3. The van der Waals surface area contributed by atoms with Gasteiger partial charge in [-0.25, -0.2) is 15.0 Å². The second-order valence-electron chi connectivity index (χ2n) is 4.17. The maximum absolute atomic E-state index is 9.77. The van der Waals surface area contributed by atoms with E-state index >= 15 is 0 Å². The van der Waals surface area contributed by atoms with Gasteiger partial charge in [-0.2, -0.15) is 0 Å². The summed E-state index contributed by atoms with van der Waals surface area (Å²) in [7, 11) is 0. The fraction of sp³-hybridized carbons (Fsp3) is 0. The van der Waals surface area contributed by atoms with Gasteiger partial charge in [0.2, 0.25) is 5.89 Å². The second-order valence-corrected chi connectivity index (χ2v) is 5.08. The molecule has 104 valence electrons. The number of nitrogens with zero attached hydrogens (tertiary/aromatic N) is 3. The number of aromatic nitrogens is 2. The molecule has 2 aromatic heterocycles. The van der Waals surface area contributed by atoms with Crippen LogP contribution in [-0.4, -0.2) is 21.3 Å². The van der Waals surface area contributed by atoms with Crippen LogP contribution in [0.15, 0.2) is 62.5 Å². The van der Waals surface area contributed by atoms with Gasteiger partial charge in [0.1, 0.15) is 0 Å². The lowest BCUT2D eigenvalue weighted by Gasteiger charge is -1.92. The Bertz CT molecular complexity index is 767. The number of hydrogen-bond acceptors (Lipinski definition) is 5. The maximum atomic E-state index is 9.77. The van der Waals surface area contributed by atoms with Gasteiger partial charge in [-0.1, -0.05) is 18.2 Å². The van der Waals surface area contributed by atoms with Crippen molar-refractivity contribution < 1.29 is 9.52 Å². The number of oxazole rings is 1. The Balaban J connectivity index is 1.86. The molecule has 3 aromatic rings. The van der Waals surface area contributed by atoms with Gasteiger partial charge in [0.15, 0.2) is 11.5 Å². The van der Waals surface area contributed by atoms with Crippen molar-refractivity contribution in [3.8, 4) is 17.4 Å². The summed E-state index contributed by atoms with van der Waals surface area (Å²) in [4.78, 5) is 12.5. The first-order valence-electron chi connectivity index (χ1n) is 6.13. The molecule has 5 nitrogen and oxygen atoms in total. The highest BCUT2D eigenvalue weighted by molar-refractivity contribution is 9.10. The van der Waals surface area contributed by atoms with E-state index in [0.29, 0.717) is 11.7 Å². The highest BCUT2D eigenvalue weighted by Crippen LogP contribution is 2.25. The van der Waals surface area contributed by atoms with E-state index in [1.54, 1.807) is 12.3 Å². The second kappa shape index (κ2) is 5.88. The minimum atomic E-state index is -0.269. The third-order valence-electron chi connectivity index (χ3n) is 2.69. The molecule has 0 amide bonds. The molecule has 0 bridgehead atoms. The summed E-state index contributed by atoms with van der Waals surface area (Å²) in [5.41, 5.74) is 1.05. The first-order chi connectivity index (χ1) is 10.2. The van der Waals surface area contributed by atoms with Gasteiger partial charge < -0.3 is 9.52 Å². The Kier molecular flexibility index (Phi) is 3.79. The van der Waals surface area contributed by atoms with E-state index in [1.165, 1.54) is 6.21 Å². The van der Waals surface area contributed by atoms with E-state index < -0.39 is 0 Å². The molecule has 0 atom stereocenters. The van der Waals surface area contributed by atoms with Gasteiger partial charge in [-0.3, -0.25) is 0 Å². The van der Waals surface area contributed by atoms with Crippen LogP contribution in [0, 0.1) is 0 Å². The van der Waals surface area contributed by atoms with Crippen molar-refractivity contribution in [3.05, 3.63) is 58.8 Å². The summed E-state index contributed by atoms with van der Waals surface area (Å²) >= 11 is 3.30. The molecule has 0 aliphatic heterocycles. The molecule has 0 unspecified atom stereocenters. The number of benzene rings is 1. The predicted octanol–water partition coefficient (Wildman–Crippen LogP) is 3.96. The Morgan fingerprint density at radius 3 is 2.67 bits per heavy atom. The standard InChI is InChI=1S/C15H10BrN3O2/c16-11-6-7-13(17-8-11)18-9-12-15(20)21-14(19-12)10-4-2-1-3-5-10/h1-9,20H. The van der Waals surface area contributed by atoms with Gasteiger partial charge in [0.05, 0.1) is 6.21 Å². The average Bonchev–Trinajstić information content (AvgIpc) is 2.89. The van der Waals surface area contributed by atoms with Crippen LogP contribution in [0.25, 0.3) is 11.5 Å². The first-order valence-corrected chi connectivity index (χ1v) is 6.92. The number of pyridine rings is 1. The van der Waals surface area contributed by atoms with Gasteiger partial charge >= 0.3 is 5.95 Å². The van der Waals surface area contributed by atoms with Crippen molar-refractivity contribution in [2.45, 2.75) is 0 Å². The molecular formula is C15H10BrN3O2. The van der Waals surface area contributed by atoms with Crippen LogP contribution < -0.4 is 0 Å². The SMILES string of the molecule is Oc1oc(-c2ccccc2)nc1C=Nc1ccc(Br)cn1. The Morgan fingerprint density at radius 1 is 1.14 bits per heavy atom. The zero-order valence-electron chi connectivity index (χ0n) is 10.8. The molecule has 0 saturated carbocycles. The maximum Gasteiger partial charge on any atom is 0.312 e. The summed E-state index contributed by atoms with van der Waals surface area (Å²) in [6, 6.07) is 12.9. The van der Waals surface area contributed by atoms with Crippen molar-refractivity contribution in [1.29, 1.82) is 0 Å². The van der Waals surface area contributed by atoms with Crippen LogP contribution in [0.2, 0.25) is 0 Å². The molecule has 2 heterocycles. The van der Waals surface area contributed by atoms with E-state index in [4.69, 9.17) is 4.42 Å². The zero-order chi connectivity index (χ0) is 14.7. The van der Waals surface area contributed by atoms with Crippen LogP contribution in [0.4, 0.5) is 5.82 Å². The van der Waals surface area contributed by atoms with Crippen LogP contribution in [0.3, 0.4) is 0 Å². The minimum absolute atomic E-state index is 0.263. The van der Waals surface area contributed by atoms with Crippen molar-refractivity contribution in [1.82, 2.24) is 9.97 Å². The van der Waals surface area contributed by atoms with Gasteiger partial charge in [-0.15, -0.1) is 0 Å². The quantitative estimate of drug-likeness (QED) is 0.730. The van der Waals surface area contributed by atoms with Crippen LogP contribution in [0.1, 0.15) is 5.69 Å². The molecule has 0 radical (unpaired) electrons. The largest absolute Gasteiger partial charge is 0.479 e. The van der Waals surface area contributed by atoms with Crippen molar-refractivity contribution in [3.63, 3.8) is 0 Å². The molecule has 0 spiro atoms. The van der Waals surface area contributed by atoms with E-state index in [1.807, 2.05) is 36.4 Å². The summed E-state index contributed by atoms with van der Waals surface area (Å²) in [5.74, 6) is 0.592. The molecule has 1 aromatic carbocycles. The number of halogens is 1. The van der Waals surface area contributed by atoms with Crippen molar-refractivity contribution in [2.75, 3.05) is 0 Å². The molecule has 0 aliphatic rings. The lowest BCUT2D eigenvalue weighted by Crippen LogP contribution is -1.83. The van der Waals surface area contributed by atoms with Crippen LogP contribution in [-0.2, 0) is 0 Å². The van der Waals surface area contributed by atoms with E-state index in [2.05, 4.69) is 30.9 Å². The fourth-order valence-corrected chi connectivity index (χ4v) is 1.92. The first kappa shape index (κ1) is 13.5. The monoisotopic (exact) mass is 343 g/mol. The summed E-state index contributed by atoms with van der Waals surface area (Å²) in [5, 5.41) is 9.77. The fourth-order valence-electron chi connectivity index (χ4n) is 1.68. The number of aliphatic imine (C=N–C) groups is 1. The normalized spacial score (nSPS) is 11.1. The summed E-state index contributed by atoms with van der Waals surface area (Å²) < 4.78 is 6.11. The molecule has 0 aliphatic carbocycles. The molecule has 0 fully saturated rings. The van der Waals surface area contributed by atoms with E-state index in [0.717, 1.165) is 10.0 Å². The van der Waals surface area contributed by atoms with Gasteiger partial charge in [-0.05, 0) is 40.2 Å². The van der Waals surface area contributed by atoms with Crippen molar-refractivity contribution in [2.24, 2.45) is 4.99 Å². The average molecular weight is 344 g/mol. The van der Waals surface area contributed by atoms with Crippen LogP contribution >= 0.6 is 15.9 Å². The molecule has 0 saturated heterocycles. The third-order valence-corrected chi connectivity index (χ3v) is 3.16. The Morgan fingerprint density at radius 2 is 1.95 bits per heavy atom. The highest BCUT2D eigenvalue weighted by atomic mass is 79.9. The summed E-state index contributed by atoms with van der Waals surface area (Å²) in [6.45, 7) is 0. The zero-order valence-corrected chi connectivity index (χ0v) is 12.4. The van der Waals surface area contributed by atoms with Crippen molar-refractivity contribution >= 4 is 28.0 Å². The van der Waals surface area contributed by atoms with Gasteiger partial charge in [0, 0.05) is 16.2 Å². The molecule has 21 heavy (non-hydrogen) atoms. The van der Waals surface area contributed by atoms with Crippen LogP contribution in [0.5, 0.6) is 5.95 Å². The van der Waals surface area contributed by atoms with E-state index in [9.17, 15) is 5.11 Å². The minimum Gasteiger partial charge on any atom is -0.479 e. The number of hydrogen-bond donors (Lipinski definition) is 1. The highest BCUT2D eigenvalue weighted by Gasteiger charge is 2.11. The molecule has 3 rings (SSSR count). The van der Waals surface area contributed by atoms with Gasteiger partial charge in [0.25, 0.3) is 0 Å². The Hall–Kier alpha value is -2.47. The topological polar surface area (TPSA) is 71.5 Å². The summed E-state index contributed by atoms with van der Waals surface area (Å²) in [6.07, 6.45) is 3.06. The third kappa shape index (κ3) is 3.17. The molecular weight excluding hydrogens is 334 g/mol. The smallest absolute Gasteiger partial charge is 0.312 e. The predicted molar refractivity (Wildman–Crippen MR) is 82.8 cm³/mol. The lowest BCUT2D eigenvalue weighted by atomic mass is 10.2. The van der Waals surface area contributed by atoms with E-state index in [-0.39, 0.29) is 11.6 Å². The molecule has 1 N–H and O–H groups in total. The molecule has 6 heteroatoms. The number of aromatic hydroxyl groups is 1. The lowest BCUT2D eigenvalue weighted by molar-refractivity contribution is 0.337.